The highest BCUT2D eigenvalue weighted by molar-refractivity contribution is 5.84. The van der Waals surface area contributed by atoms with Gasteiger partial charge in [0, 0.05) is 6.42 Å². The van der Waals surface area contributed by atoms with Crippen LogP contribution in [0.5, 0.6) is 0 Å². The summed E-state index contributed by atoms with van der Waals surface area (Å²) in [6.45, 7) is 3.14. The normalized spacial score (nSPS) is 21.2. The van der Waals surface area contributed by atoms with E-state index in [9.17, 15) is 35.9 Å². The second-order valence-electron chi connectivity index (χ2n) is 9.44. The van der Waals surface area contributed by atoms with Crippen molar-refractivity contribution in [1.82, 2.24) is 5.32 Å². The van der Waals surface area contributed by atoms with Crippen molar-refractivity contribution in [2.75, 3.05) is 0 Å². The van der Waals surface area contributed by atoms with E-state index in [2.05, 4.69) is 5.32 Å². The van der Waals surface area contributed by atoms with E-state index in [1.54, 1.807) is 30.3 Å². The average Bonchev–Trinajstić information content (AvgIpc) is 2.84. The lowest BCUT2D eigenvalue weighted by Crippen LogP contribution is -2.50. The lowest BCUT2D eigenvalue weighted by atomic mass is 9.75. The Kier molecular flexibility index (Phi) is 8.59. The number of carbonyl (C=O) groups is 2. The van der Waals surface area contributed by atoms with E-state index in [-0.39, 0.29) is 23.7 Å². The fraction of sp³-hybridized carbons (Fsp3) is 0.481. The molecule has 0 spiro atoms. The molecule has 202 valence electrons. The molecule has 1 amide bonds. The molecule has 1 atom stereocenters. The van der Waals surface area contributed by atoms with Crippen LogP contribution in [0.2, 0.25) is 0 Å². The van der Waals surface area contributed by atoms with Crippen LogP contribution in [-0.4, -0.2) is 18.0 Å². The Morgan fingerprint density at radius 1 is 0.973 bits per heavy atom. The minimum atomic E-state index is -5.01. The lowest BCUT2D eigenvalue weighted by molar-refractivity contribution is -0.152. The molecule has 0 radical (unpaired) electrons. The Morgan fingerprint density at radius 2 is 1.51 bits per heavy atom. The van der Waals surface area contributed by atoms with Crippen molar-refractivity contribution < 1.29 is 40.7 Å². The van der Waals surface area contributed by atoms with Crippen molar-refractivity contribution in [3.63, 3.8) is 0 Å². The number of amides is 1. The van der Waals surface area contributed by atoms with Gasteiger partial charge in [0.05, 0.1) is 22.6 Å². The van der Waals surface area contributed by atoms with E-state index in [0.717, 1.165) is 5.56 Å². The molecule has 4 nitrogen and oxygen atoms in total. The van der Waals surface area contributed by atoms with Gasteiger partial charge in [-0.25, -0.2) is 0 Å². The van der Waals surface area contributed by atoms with Gasteiger partial charge in [-0.2, -0.15) is 26.3 Å². The second-order valence-corrected chi connectivity index (χ2v) is 9.44. The zero-order valence-corrected chi connectivity index (χ0v) is 20.5. The van der Waals surface area contributed by atoms with Gasteiger partial charge >= 0.3 is 18.3 Å². The van der Waals surface area contributed by atoms with E-state index in [1.165, 1.54) is 6.92 Å². The average molecular weight is 530 g/mol. The van der Waals surface area contributed by atoms with E-state index in [4.69, 9.17) is 4.74 Å². The van der Waals surface area contributed by atoms with Crippen LogP contribution in [0.1, 0.15) is 80.5 Å². The fourth-order valence-electron chi connectivity index (χ4n) is 4.62. The first kappa shape index (κ1) is 28.5. The summed E-state index contributed by atoms with van der Waals surface area (Å²) in [7, 11) is 0. The van der Waals surface area contributed by atoms with Crippen LogP contribution in [0.15, 0.2) is 48.5 Å². The van der Waals surface area contributed by atoms with Crippen LogP contribution in [0, 0.1) is 0 Å². The number of hydrogen-bond acceptors (Lipinski definition) is 3. The maximum absolute atomic E-state index is 13.3. The monoisotopic (exact) mass is 529 g/mol. The van der Waals surface area contributed by atoms with Crippen LogP contribution in [0.4, 0.5) is 26.3 Å². The summed E-state index contributed by atoms with van der Waals surface area (Å²) >= 11 is 0. The molecule has 1 unspecified atom stereocenters. The maximum atomic E-state index is 13.3. The number of ether oxygens (including phenoxy) is 1. The Bertz CT molecular complexity index is 1060. The van der Waals surface area contributed by atoms with Crippen LogP contribution < -0.4 is 5.32 Å². The molecular formula is C27H29F6NO3. The van der Waals surface area contributed by atoms with Gasteiger partial charge < -0.3 is 10.1 Å². The lowest BCUT2D eigenvalue weighted by Gasteiger charge is -2.41. The largest absolute Gasteiger partial charge is 0.462 e. The van der Waals surface area contributed by atoms with E-state index in [1.807, 2.05) is 6.92 Å². The van der Waals surface area contributed by atoms with Gasteiger partial charge in [-0.3, -0.25) is 9.59 Å². The predicted molar refractivity (Wildman–Crippen MR) is 124 cm³/mol. The first-order valence-electron chi connectivity index (χ1n) is 12.1. The maximum Gasteiger partial charge on any atom is 0.416 e. The van der Waals surface area contributed by atoms with Crippen molar-refractivity contribution in [3.8, 4) is 0 Å². The summed E-state index contributed by atoms with van der Waals surface area (Å²) < 4.78 is 85.5. The van der Waals surface area contributed by atoms with Gasteiger partial charge in [0.1, 0.15) is 6.10 Å². The van der Waals surface area contributed by atoms with Gasteiger partial charge in [0.15, 0.2) is 0 Å². The van der Waals surface area contributed by atoms with Crippen molar-refractivity contribution in [2.45, 2.75) is 82.3 Å². The fourth-order valence-corrected chi connectivity index (χ4v) is 4.62. The molecule has 0 saturated heterocycles. The number of carbonyl (C=O) groups excluding carboxylic acids is 2. The van der Waals surface area contributed by atoms with Crippen LogP contribution in [-0.2, 0) is 32.2 Å². The minimum absolute atomic E-state index is 0.0424. The third-order valence-corrected chi connectivity index (χ3v) is 6.73. The highest BCUT2D eigenvalue weighted by atomic mass is 19.4. The predicted octanol–water partition coefficient (Wildman–Crippen LogP) is 7.13. The van der Waals surface area contributed by atoms with Gasteiger partial charge in [0.25, 0.3) is 0 Å². The van der Waals surface area contributed by atoms with Crippen LogP contribution in [0.25, 0.3) is 0 Å². The van der Waals surface area contributed by atoms with Crippen molar-refractivity contribution in [1.29, 1.82) is 0 Å². The molecule has 10 heteroatoms. The Balaban J connectivity index is 1.88. The van der Waals surface area contributed by atoms with Gasteiger partial charge in [-0.15, -0.1) is 0 Å². The van der Waals surface area contributed by atoms with Crippen molar-refractivity contribution >= 4 is 11.9 Å². The van der Waals surface area contributed by atoms with E-state index >= 15 is 0 Å². The number of esters is 1. The highest BCUT2D eigenvalue weighted by Gasteiger charge is 2.41. The molecule has 0 aromatic heterocycles. The molecule has 1 fully saturated rings. The molecule has 2 aromatic rings. The molecule has 1 aliphatic carbocycles. The van der Waals surface area contributed by atoms with Gasteiger partial charge in [-0.1, -0.05) is 37.3 Å². The Labute approximate surface area is 211 Å². The van der Waals surface area contributed by atoms with E-state index < -0.39 is 40.8 Å². The summed E-state index contributed by atoms with van der Waals surface area (Å²) in [6.07, 6.45) is -7.74. The SMILES string of the molecule is CCCC(=O)OC1CCC(NC(=O)C(C)c2cc(C(F)(F)F)cc(C(F)(F)F)c2)(c2ccccc2)CC1. The molecule has 0 aliphatic heterocycles. The van der Waals surface area contributed by atoms with Crippen molar-refractivity contribution in [3.05, 3.63) is 70.8 Å². The van der Waals surface area contributed by atoms with Crippen LogP contribution in [0.3, 0.4) is 0 Å². The Hall–Kier alpha value is -3.04. The minimum Gasteiger partial charge on any atom is -0.462 e. The van der Waals surface area contributed by atoms with Crippen molar-refractivity contribution in [2.24, 2.45) is 0 Å². The topological polar surface area (TPSA) is 55.4 Å². The summed E-state index contributed by atoms with van der Waals surface area (Å²) in [4.78, 5) is 25.2. The molecule has 1 aliphatic rings. The number of halogens is 6. The summed E-state index contributed by atoms with van der Waals surface area (Å²) in [6, 6.07) is 10.2. The zero-order valence-electron chi connectivity index (χ0n) is 20.5. The number of hydrogen-bond donors (Lipinski definition) is 1. The molecule has 1 N–H and O–H groups in total. The highest BCUT2D eigenvalue weighted by Crippen LogP contribution is 2.40. The second kappa shape index (κ2) is 11.1. The van der Waals surface area contributed by atoms with Gasteiger partial charge in [0.2, 0.25) is 5.91 Å². The first-order chi connectivity index (χ1) is 17.2. The van der Waals surface area contributed by atoms with E-state index in [0.29, 0.717) is 50.7 Å². The summed E-state index contributed by atoms with van der Waals surface area (Å²) in [5.41, 5.74) is -3.47. The quantitative estimate of drug-likeness (QED) is 0.307. The smallest absolute Gasteiger partial charge is 0.416 e. The molecule has 1 saturated carbocycles. The molecule has 3 rings (SSSR count). The van der Waals surface area contributed by atoms with Gasteiger partial charge in [-0.05, 0) is 68.4 Å². The third kappa shape index (κ3) is 7.05. The Morgan fingerprint density at radius 3 is 2.00 bits per heavy atom. The molecule has 2 aromatic carbocycles. The number of rotatable bonds is 7. The number of alkyl halides is 6. The first-order valence-corrected chi connectivity index (χ1v) is 12.1. The molecule has 37 heavy (non-hydrogen) atoms. The summed E-state index contributed by atoms with van der Waals surface area (Å²) in [5, 5.41) is 2.92. The zero-order chi connectivity index (χ0) is 27.4. The molecular weight excluding hydrogens is 500 g/mol. The molecule has 0 bridgehead atoms. The van der Waals surface area contributed by atoms with Crippen LogP contribution >= 0.6 is 0 Å². The molecule has 0 heterocycles. The summed E-state index contributed by atoms with van der Waals surface area (Å²) in [5.74, 6) is -2.29. The third-order valence-electron chi connectivity index (χ3n) is 6.73. The standard InChI is InChI=1S/C27H29F6NO3/c1-3-7-23(35)37-22-10-12-25(13-11-22,19-8-5-4-6-9-19)34-24(36)17(2)18-14-20(26(28,29)30)16-21(15-18)27(31,32)33/h4-6,8-9,14-17,22H,3,7,10-13H2,1-2H3,(H,34,36). The number of nitrogens with one attached hydrogen (secondary N) is 1. The number of benzene rings is 2.